The van der Waals surface area contributed by atoms with Crippen LogP contribution >= 0.6 is 0 Å². The second-order valence-corrected chi connectivity index (χ2v) is 3.25. The summed E-state index contributed by atoms with van der Waals surface area (Å²) in [4.78, 5) is 8.33. The topological polar surface area (TPSA) is 42.5 Å². The molecule has 0 bridgehead atoms. The van der Waals surface area contributed by atoms with Crippen molar-refractivity contribution in [3.8, 4) is 11.4 Å². The van der Waals surface area contributed by atoms with E-state index in [9.17, 15) is 0 Å². The van der Waals surface area contributed by atoms with E-state index in [1.54, 1.807) is 24.7 Å². The van der Waals surface area contributed by atoms with Gasteiger partial charge in [0, 0.05) is 30.4 Å². The van der Waals surface area contributed by atoms with Crippen LogP contribution in [0.1, 0.15) is 13.3 Å². The molecule has 0 N–H and O–H groups in total. The van der Waals surface area contributed by atoms with E-state index in [0.717, 1.165) is 18.5 Å². The number of rotatable bonds is 3. The Morgan fingerprint density at radius 1 is 1.27 bits per heavy atom. The Morgan fingerprint density at radius 2 is 2.07 bits per heavy atom. The summed E-state index contributed by atoms with van der Waals surface area (Å²) < 4.78 is 1.91. The molecule has 15 heavy (non-hydrogen) atoms. The van der Waals surface area contributed by atoms with Gasteiger partial charge in [-0.25, -0.2) is 9.97 Å². The summed E-state index contributed by atoms with van der Waals surface area (Å²) in [5.41, 5.74) is 0.947. The average Bonchev–Trinajstić information content (AvgIpc) is 2.32. The van der Waals surface area contributed by atoms with Gasteiger partial charge in [-0.15, -0.1) is 0 Å². The molecule has 0 saturated heterocycles. The lowest BCUT2D eigenvalue weighted by Crippen LogP contribution is -2.36. The summed E-state index contributed by atoms with van der Waals surface area (Å²) in [5, 5.41) is 4.28. The zero-order chi connectivity index (χ0) is 10.5. The van der Waals surface area contributed by atoms with Crippen molar-refractivity contribution in [1.29, 1.82) is 0 Å². The largest absolute Gasteiger partial charge is 0.237 e. The van der Waals surface area contributed by atoms with Crippen LogP contribution in [0, 0.1) is 0 Å². The highest BCUT2D eigenvalue weighted by molar-refractivity contribution is 5.51. The summed E-state index contributed by atoms with van der Waals surface area (Å²) in [7, 11) is 0. The number of aryl methyl sites for hydroxylation is 1. The van der Waals surface area contributed by atoms with Crippen LogP contribution in [-0.2, 0) is 6.54 Å². The van der Waals surface area contributed by atoms with Gasteiger partial charge >= 0.3 is 0 Å². The molecule has 0 amide bonds. The monoisotopic (exact) mass is 201 g/mol. The maximum atomic E-state index is 4.28. The minimum atomic E-state index is 0.716. The lowest BCUT2D eigenvalue weighted by Gasteiger charge is -1.96. The van der Waals surface area contributed by atoms with Crippen LogP contribution < -0.4 is 4.68 Å². The van der Waals surface area contributed by atoms with Gasteiger partial charge in [-0.2, -0.15) is 0 Å². The van der Waals surface area contributed by atoms with E-state index in [-0.39, 0.29) is 0 Å². The Hall–Kier alpha value is -1.84. The van der Waals surface area contributed by atoms with Crippen LogP contribution in [0.5, 0.6) is 0 Å². The Morgan fingerprint density at radius 3 is 2.67 bits per heavy atom. The molecule has 4 nitrogen and oxygen atoms in total. The summed E-state index contributed by atoms with van der Waals surface area (Å²) in [5.74, 6) is 0.716. The summed E-state index contributed by atoms with van der Waals surface area (Å²) in [6.45, 7) is 3.07. The molecule has 0 fully saturated rings. The van der Waals surface area contributed by atoms with Crippen molar-refractivity contribution in [2.45, 2.75) is 19.9 Å². The van der Waals surface area contributed by atoms with E-state index in [1.165, 1.54) is 0 Å². The van der Waals surface area contributed by atoms with E-state index in [2.05, 4.69) is 22.0 Å². The summed E-state index contributed by atoms with van der Waals surface area (Å²) in [6, 6.07) is 3.79. The van der Waals surface area contributed by atoms with E-state index in [1.807, 2.05) is 16.9 Å². The zero-order valence-corrected chi connectivity index (χ0v) is 8.67. The van der Waals surface area contributed by atoms with E-state index in [0.29, 0.717) is 5.82 Å². The SMILES string of the molecule is CCC[n+]1ccc(-c2ncccn2)cn1. The highest BCUT2D eigenvalue weighted by Crippen LogP contribution is 2.08. The fraction of sp³-hybridized carbons (Fsp3) is 0.273. The van der Waals surface area contributed by atoms with Crippen LogP contribution in [0.25, 0.3) is 11.4 Å². The lowest BCUT2D eigenvalue weighted by atomic mass is 10.3. The van der Waals surface area contributed by atoms with Gasteiger partial charge in [0.15, 0.2) is 18.6 Å². The molecular formula is C11H13N4+. The fourth-order valence-electron chi connectivity index (χ4n) is 1.33. The lowest BCUT2D eigenvalue weighted by molar-refractivity contribution is -0.753. The Labute approximate surface area is 88.6 Å². The van der Waals surface area contributed by atoms with Gasteiger partial charge in [0.05, 0.1) is 0 Å². The van der Waals surface area contributed by atoms with Crippen molar-refractivity contribution in [2.75, 3.05) is 0 Å². The van der Waals surface area contributed by atoms with Gasteiger partial charge in [0.1, 0.15) is 6.20 Å². The molecule has 2 aromatic rings. The predicted octanol–water partition coefficient (Wildman–Crippen LogP) is 1.24. The molecule has 0 aromatic carbocycles. The quantitative estimate of drug-likeness (QED) is 0.701. The number of hydrogen-bond acceptors (Lipinski definition) is 3. The number of nitrogens with zero attached hydrogens (tertiary/aromatic N) is 4. The van der Waals surface area contributed by atoms with Gasteiger partial charge in [0.25, 0.3) is 0 Å². The Kier molecular flexibility index (Phi) is 2.97. The van der Waals surface area contributed by atoms with Gasteiger partial charge < -0.3 is 0 Å². The zero-order valence-electron chi connectivity index (χ0n) is 8.67. The van der Waals surface area contributed by atoms with Crippen LogP contribution in [0.4, 0.5) is 0 Å². The van der Waals surface area contributed by atoms with Gasteiger partial charge in [0.2, 0.25) is 0 Å². The first-order valence-corrected chi connectivity index (χ1v) is 5.03. The molecule has 0 spiro atoms. The third-order valence-corrected chi connectivity index (χ3v) is 2.05. The van der Waals surface area contributed by atoms with Crippen LogP contribution in [0.15, 0.2) is 36.9 Å². The maximum absolute atomic E-state index is 4.28. The van der Waals surface area contributed by atoms with Crippen molar-refractivity contribution >= 4 is 0 Å². The standard InChI is InChI=1S/C11H13N4/c1-2-7-15-8-4-10(9-14-15)11-12-5-3-6-13-11/h3-6,8-9H,2,7H2,1H3/q+1. The van der Waals surface area contributed by atoms with Crippen LogP contribution in [0.2, 0.25) is 0 Å². The molecule has 4 heteroatoms. The molecule has 0 unspecified atom stereocenters. The van der Waals surface area contributed by atoms with Crippen molar-refractivity contribution in [2.24, 2.45) is 0 Å². The summed E-state index contributed by atoms with van der Waals surface area (Å²) >= 11 is 0. The fourth-order valence-corrected chi connectivity index (χ4v) is 1.33. The van der Waals surface area contributed by atoms with Crippen molar-refractivity contribution < 1.29 is 4.68 Å². The molecule has 0 aliphatic carbocycles. The molecule has 0 saturated carbocycles. The first kappa shape index (κ1) is 9.71. The Balaban J connectivity index is 2.24. The molecule has 2 rings (SSSR count). The summed E-state index contributed by atoms with van der Waals surface area (Å²) in [6.07, 6.45) is 8.30. The van der Waals surface area contributed by atoms with E-state index < -0.39 is 0 Å². The second kappa shape index (κ2) is 4.59. The molecule has 0 radical (unpaired) electrons. The Bertz CT molecular complexity index is 410. The molecular weight excluding hydrogens is 188 g/mol. The predicted molar refractivity (Wildman–Crippen MR) is 55.7 cm³/mol. The van der Waals surface area contributed by atoms with E-state index >= 15 is 0 Å². The van der Waals surface area contributed by atoms with Gasteiger partial charge in [-0.1, -0.05) is 11.6 Å². The normalized spacial score (nSPS) is 10.2. The molecule has 0 atom stereocenters. The van der Waals surface area contributed by atoms with Crippen molar-refractivity contribution in [3.05, 3.63) is 36.9 Å². The smallest absolute Gasteiger partial charge is 0.197 e. The van der Waals surface area contributed by atoms with Crippen LogP contribution in [-0.4, -0.2) is 15.1 Å². The molecule has 0 aliphatic heterocycles. The first-order valence-electron chi connectivity index (χ1n) is 5.03. The second-order valence-electron chi connectivity index (χ2n) is 3.25. The maximum Gasteiger partial charge on any atom is 0.197 e. The molecule has 2 heterocycles. The molecule has 2 aromatic heterocycles. The first-order chi connectivity index (χ1) is 7.40. The van der Waals surface area contributed by atoms with E-state index in [4.69, 9.17) is 0 Å². The van der Waals surface area contributed by atoms with Gasteiger partial charge in [-0.05, 0) is 11.2 Å². The van der Waals surface area contributed by atoms with Gasteiger partial charge in [-0.3, -0.25) is 0 Å². The average molecular weight is 201 g/mol. The van der Waals surface area contributed by atoms with Crippen molar-refractivity contribution in [1.82, 2.24) is 15.1 Å². The highest BCUT2D eigenvalue weighted by atomic mass is 15.2. The molecule has 0 aliphatic rings. The third-order valence-electron chi connectivity index (χ3n) is 2.05. The third kappa shape index (κ3) is 2.34. The highest BCUT2D eigenvalue weighted by Gasteiger charge is 2.04. The molecule has 76 valence electrons. The number of aromatic nitrogens is 4. The minimum absolute atomic E-state index is 0.716. The van der Waals surface area contributed by atoms with Crippen molar-refractivity contribution in [3.63, 3.8) is 0 Å². The minimum Gasteiger partial charge on any atom is -0.237 e. The number of hydrogen-bond donors (Lipinski definition) is 0. The van der Waals surface area contributed by atoms with Crippen LogP contribution in [0.3, 0.4) is 0 Å².